The Hall–Kier alpha value is -2.98. The van der Waals surface area contributed by atoms with Crippen molar-refractivity contribution in [1.82, 2.24) is 14.8 Å². The topological polar surface area (TPSA) is 109 Å². The molecular formula is C25H31ClN4O5S. The van der Waals surface area contributed by atoms with Gasteiger partial charge in [-0.3, -0.25) is 19.2 Å². The van der Waals surface area contributed by atoms with Crippen LogP contribution >= 0.6 is 22.9 Å². The SMILES string of the molecule is CCOC(=O)C1CCN(C(=O)Cc2csc(NC(=O)CN(C(=O)c3ccccc3Cl)C(C)C)n2)CC1. The molecule has 1 fully saturated rings. The molecule has 2 heterocycles. The second-order valence-electron chi connectivity index (χ2n) is 8.78. The largest absolute Gasteiger partial charge is 0.466 e. The summed E-state index contributed by atoms with van der Waals surface area (Å²) in [5.74, 6) is -1.16. The summed E-state index contributed by atoms with van der Waals surface area (Å²) in [5, 5.41) is 5.13. The first-order valence-corrected chi connectivity index (χ1v) is 13.2. The molecule has 0 saturated carbocycles. The number of piperidine rings is 1. The van der Waals surface area contributed by atoms with Crippen LogP contribution in [0.4, 0.5) is 5.13 Å². The molecule has 194 valence electrons. The van der Waals surface area contributed by atoms with Gasteiger partial charge in [-0.05, 0) is 45.7 Å². The molecule has 1 saturated heterocycles. The molecule has 0 atom stereocenters. The summed E-state index contributed by atoms with van der Waals surface area (Å²) in [7, 11) is 0. The molecule has 3 rings (SSSR count). The van der Waals surface area contributed by atoms with Crippen LogP contribution in [-0.4, -0.2) is 70.8 Å². The number of amides is 3. The van der Waals surface area contributed by atoms with E-state index in [1.165, 1.54) is 16.2 Å². The summed E-state index contributed by atoms with van der Waals surface area (Å²) in [4.78, 5) is 57.7. The van der Waals surface area contributed by atoms with Crippen molar-refractivity contribution >= 4 is 51.8 Å². The molecule has 0 spiro atoms. The number of ether oxygens (including phenoxy) is 1. The van der Waals surface area contributed by atoms with Gasteiger partial charge >= 0.3 is 5.97 Å². The van der Waals surface area contributed by atoms with E-state index in [1.54, 1.807) is 41.5 Å². The molecule has 9 nitrogen and oxygen atoms in total. The number of hydrogen-bond acceptors (Lipinski definition) is 7. The van der Waals surface area contributed by atoms with Crippen molar-refractivity contribution < 1.29 is 23.9 Å². The first-order valence-electron chi connectivity index (χ1n) is 11.9. The molecule has 1 aromatic heterocycles. The molecule has 0 aliphatic carbocycles. The predicted molar refractivity (Wildman–Crippen MR) is 138 cm³/mol. The van der Waals surface area contributed by atoms with Crippen LogP contribution in [0.1, 0.15) is 49.7 Å². The van der Waals surface area contributed by atoms with E-state index in [2.05, 4.69) is 10.3 Å². The number of carbonyl (C=O) groups excluding carboxylic acids is 4. The molecule has 2 aromatic rings. The van der Waals surface area contributed by atoms with Crippen molar-refractivity contribution in [2.75, 3.05) is 31.6 Å². The van der Waals surface area contributed by atoms with E-state index in [4.69, 9.17) is 16.3 Å². The summed E-state index contributed by atoms with van der Waals surface area (Å²) >= 11 is 7.38. The lowest BCUT2D eigenvalue weighted by molar-refractivity contribution is -0.151. The Balaban J connectivity index is 1.52. The zero-order valence-corrected chi connectivity index (χ0v) is 22.2. The number of benzene rings is 1. The number of likely N-dealkylation sites (tertiary alicyclic amines) is 1. The van der Waals surface area contributed by atoms with Crippen LogP contribution in [0.3, 0.4) is 0 Å². The van der Waals surface area contributed by atoms with E-state index < -0.39 is 5.91 Å². The van der Waals surface area contributed by atoms with Gasteiger partial charge in [0.2, 0.25) is 11.8 Å². The number of carbonyl (C=O) groups is 4. The van der Waals surface area contributed by atoms with Crippen LogP contribution in [0.25, 0.3) is 0 Å². The molecule has 3 amide bonds. The Labute approximate surface area is 219 Å². The lowest BCUT2D eigenvalue weighted by Gasteiger charge is -2.30. The second kappa shape index (κ2) is 12.8. The van der Waals surface area contributed by atoms with Crippen molar-refractivity contribution in [3.05, 3.63) is 45.9 Å². The number of esters is 1. The number of aromatic nitrogens is 1. The van der Waals surface area contributed by atoms with Gasteiger partial charge in [-0.15, -0.1) is 11.3 Å². The van der Waals surface area contributed by atoms with E-state index in [9.17, 15) is 19.2 Å². The van der Waals surface area contributed by atoms with Gasteiger partial charge in [0.25, 0.3) is 5.91 Å². The smallest absolute Gasteiger partial charge is 0.309 e. The Morgan fingerprint density at radius 3 is 2.56 bits per heavy atom. The minimum Gasteiger partial charge on any atom is -0.466 e. The van der Waals surface area contributed by atoms with Crippen molar-refractivity contribution in [3.63, 3.8) is 0 Å². The van der Waals surface area contributed by atoms with Crippen molar-refractivity contribution in [3.8, 4) is 0 Å². The normalized spacial score (nSPS) is 14.0. The number of hydrogen-bond donors (Lipinski definition) is 1. The summed E-state index contributed by atoms with van der Waals surface area (Å²) in [6.45, 7) is 6.62. The van der Waals surface area contributed by atoms with Crippen LogP contribution in [0.2, 0.25) is 5.02 Å². The average molecular weight is 535 g/mol. The Bertz CT molecular complexity index is 1100. The fourth-order valence-electron chi connectivity index (χ4n) is 3.93. The standard InChI is InChI=1S/C25H31ClN4O5S/c1-4-35-24(34)17-9-11-29(12-10-17)22(32)13-18-15-36-25(27-18)28-21(31)14-30(16(2)3)23(33)19-7-5-6-8-20(19)26/h5-8,15-17H,4,9-14H2,1-3H3,(H,27,28,31). The number of nitrogens with zero attached hydrogens (tertiary/aromatic N) is 3. The van der Waals surface area contributed by atoms with Gasteiger partial charge < -0.3 is 19.9 Å². The predicted octanol–water partition coefficient (Wildman–Crippen LogP) is 3.63. The number of thiazole rings is 1. The van der Waals surface area contributed by atoms with Gasteiger partial charge in [-0.25, -0.2) is 4.98 Å². The highest BCUT2D eigenvalue weighted by atomic mass is 35.5. The van der Waals surface area contributed by atoms with Crippen molar-refractivity contribution in [1.29, 1.82) is 0 Å². The number of anilines is 1. The molecule has 0 unspecified atom stereocenters. The van der Waals surface area contributed by atoms with Crippen LogP contribution in [0.15, 0.2) is 29.6 Å². The molecule has 1 aliphatic heterocycles. The average Bonchev–Trinajstić information content (AvgIpc) is 3.28. The van der Waals surface area contributed by atoms with E-state index in [0.29, 0.717) is 53.9 Å². The van der Waals surface area contributed by atoms with Crippen molar-refractivity contribution in [2.24, 2.45) is 5.92 Å². The summed E-state index contributed by atoms with van der Waals surface area (Å²) in [5.41, 5.74) is 0.891. The van der Waals surface area contributed by atoms with E-state index >= 15 is 0 Å². The molecule has 0 radical (unpaired) electrons. The third-order valence-corrected chi connectivity index (χ3v) is 7.04. The fraction of sp³-hybridized carbons (Fsp3) is 0.480. The first kappa shape index (κ1) is 27.6. The number of rotatable bonds is 9. The molecule has 36 heavy (non-hydrogen) atoms. The zero-order valence-electron chi connectivity index (χ0n) is 20.7. The fourth-order valence-corrected chi connectivity index (χ4v) is 4.87. The lowest BCUT2D eigenvalue weighted by atomic mass is 9.97. The quantitative estimate of drug-likeness (QED) is 0.492. The third-order valence-electron chi connectivity index (χ3n) is 5.90. The molecule has 1 aliphatic rings. The van der Waals surface area contributed by atoms with Gasteiger partial charge in [-0.1, -0.05) is 23.7 Å². The lowest BCUT2D eigenvalue weighted by Crippen LogP contribution is -2.42. The highest BCUT2D eigenvalue weighted by Crippen LogP contribution is 2.22. The molecule has 1 N–H and O–H groups in total. The van der Waals surface area contributed by atoms with Gasteiger partial charge in [0.1, 0.15) is 6.54 Å². The Morgan fingerprint density at radius 1 is 1.22 bits per heavy atom. The van der Waals surface area contributed by atoms with Crippen LogP contribution < -0.4 is 5.32 Å². The van der Waals surface area contributed by atoms with Crippen molar-refractivity contribution in [2.45, 2.75) is 46.1 Å². The molecule has 11 heteroatoms. The Kier molecular flexibility index (Phi) is 9.83. The minimum absolute atomic E-state index is 0.0724. The van der Waals surface area contributed by atoms with Gasteiger partial charge in [0, 0.05) is 24.5 Å². The van der Waals surface area contributed by atoms with Crippen LogP contribution in [0, 0.1) is 5.92 Å². The van der Waals surface area contributed by atoms with Gasteiger partial charge in [0.15, 0.2) is 5.13 Å². The molecule has 0 bridgehead atoms. The maximum atomic E-state index is 12.9. The maximum absolute atomic E-state index is 12.9. The third kappa shape index (κ3) is 7.27. The highest BCUT2D eigenvalue weighted by Gasteiger charge is 2.28. The van der Waals surface area contributed by atoms with Crippen LogP contribution in [-0.2, 0) is 25.5 Å². The minimum atomic E-state index is -0.391. The van der Waals surface area contributed by atoms with E-state index in [0.717, 1.165) is 0 Å². The summed E-state index contributed by atoms with van der Waals surface area (Å²) < 4.78 is 5.07. The van der Waals surface area contributed by atoms with E-state index in [-0.39, 0.29) is 42.7 Å². The number of nitrogens with one attached hydrogen (secondary N) is 1. The summed E-state index contributed by atoms with van der Waals surface area (Å²) in [6, 6.07) is 6.49. The van der Waals surface area contributed by atoms with Gasteiger partial charge in [0.05, 0.1) is 35.2 Å². The number of halogens is 1. The Morgan fingerprint density at radius 2 is 1.92 bits per heavy atom. The van der Waals surface area contributed by atoms with E-state index in [1.807, 2.05) is 13.8 Å². The van der Waals surface area contributed by atoms with Gasteiger partial charge in [-0.2, -0.15) is 0 Å². The highest BCUT2D eigenvalue weighted by molar-refractivity contribution is 7.13. The second-order valence-corrected chi connectivity index (χ2v) is 10.0. The van der Waals surface area contributed by atoms with Crippen LogP contribution in [0.5, 0.6) is 0 Å². The first-order chi connectivity index (χ1) is 17.2. The molecular weight excluding hydrogens is 504 g/mol. The monoisotopic (exact) mass is 534 g/mol. The summed E-state index contributed by atoms with van der Waals surface area (Å²) in [6.07, 6.45) is 1.28. The zero-order chi connectivity index (χ0) is 26.2. The molecule has 1 aromatic carbocycles. The maximum Gasteiger partial charge on any atom is 0.309 e.